The van der Waals surface area contributed by atoms with E-state index in [0.717, 1.165) is 26.6 Å². The molecule has 1 aliphatic heterocycles. The minimum atomic E-state index is -0.810. The average Bonchev–Trinajstić information content (AvgIpc) is 3.36. The fourth-order valence-corrected chi connectivity index (χ4v) is 6.70. The van der Waals surface area contributed by atoms with Gasteiger partial charge >= 0.3 is 0 Å². The molecule has 2 heterocycles. The van der Waals surface area contributed by atoms with Crippen LogP contribution in [0, 0.1) is 30.1 Å². The van der Waals surface area contributed by atoms with Crippen LogP contribution in [0.4, 0.5) is 5.00 Å². The molecule has 0 saturated heterocycles. The summed E-state index contributed by atoms with van der Waals surface area (Å²) < 4.78 is 33.4. The number of ether oxygens (including phenoxy) is 6. The monoisotopic (exact) mass is 808 g/mol. The third kappa shape index (κ3) is 15.6. The molecule has 2 unspecified atom stereocenters. The van der Waals surface area contributed by atoms with E-state index in [1.54, 1.807) is 24.0 Å². The van der Waals surface area contributed by atoms with Gasteiger partial charge in [-0.1, -0.05) is 30.7 Å². The molecule has 1 aromatic carbocycles. The van der Waals surface area contributed by atoms with Gasteiger partial charge in [0.2, 0.25) is 11.8 Å². The number of nitrogens with one attached hydrogen (secondary N) is 4. The molecule has 55 heavy (non-hydrogen) atoms. The number of halogens is 1. The van der Waals surface area contributed by atoms with Crippen LogP contribution in [0.15, 0.2) is 29.3 Å². The maximum atomic E-state index is 13.1. The molecule has 0 aliphatic carbocycles. The molecule has 3 rings (SSSR count). The van der Waals surface area contributed by atoms with Gasteiger partial charge in [0.1, 0.15) is 22.7 Å². The number of aliphatic hydroxyl groups is 1. The summed E-state index contributed by atoms with van der Waals surface area (Å²) in [7, 11) is 0. The number of aliphatic imine (C=N–C) groups is 1. The summed E-state index contributed by atoms with van der Waals surface area (Å²) in [5, 5.41) is 34.2. The van der Waals surface area contributed by atoms with Crippen molar-refractivity contribution in [2.45, 2.75) is 47.1 Å². The maximum absolute atomic E-state index is 13.1. The average molecular weight is 809 g/mol. The number of anilines is 1. The van der Waals surface area contributed by atoms with Gasteiger partial charge in [-0.3, -0.25) is 30.3 Å². The van der Waals surface area contributed by atoms with Crippen LogP contribution in [-0.4, -0.2) is 139 Å². The highest BCUT2D eigenvalue weighted by molar-refractivity contribution is 7.17. The lowest BCUT2D eigenvalue weighted by Crippen LogP contribution is -2.42. The molecule has 2 amide bonds. The van der Waals surface area contributed by atoms with Gasteiger partial charge in [-0.25, -0.2) is 0 Å². The van der Waals surface area contributed by atoms with Crippen LogP contribution in [0.25, 0.3) is 0 Å². The topological polar surface area (TPSA) is 197 Å². The van der Waals surface area contributed by atoms with Crippen LogP contribution >= 0.6 is 22.9 Å². The van der Waals surface area contributed by atoms with E-state index >= 15 is 0 Å². The standard InChI is InChI=1S/C38H57ClN6O9S/c1-26-27(2)55-37-34(26)35(30-6-8-31(39)9-7-30)44-32(36(41)45(37)28(3)40)22-33(48)43-11-13-50-15-17-52-19-21-54-25-38(5,23-46)24-53-20-18-51-16-14-49-12-10-42-29(4)47/h6-9,32,40-41,46H,10-25H2,1-5H3,(H,42,47)(H,43,48). The van der Waals surface area contributed by atoms with Gasteiger partial charge in [0, 0.05) is 46.5 Å². The van der Waals surface area contributed by atoms with E-state index in [0.29, 0.717) is 90.0 Å². The Hall–Kier alpha value is -3.32. The number of aryl methyl sites for hydroxylation is 1. The molecule has 0 saturated carbocycles. The second-order valence-electron chi connectivity index (χ2n) is 13.3. The summed E-state index contributed by atoms with van der Waals surface area (Å²) in [5.41, 5.74) is 2.80. The number of hydrogen-bond acceptors (Lipinski definition) is 13. The fourth-order valence-electron chi connectivity index (χ4n) is 5.35. The van der Waals surface area contributed by atoms with Gasteiger partial charge in [0.05, 0.1) is 98.0 Å². The van der Waals surface area contributed by atoms with E-state index in [2.05, 4.69) is 10.6 Å². The predicted molar refractivity (Wildman–Crippen MR) is 215 cm³/mol. The Labute approximate surface area is 333 Å². The molecular weight excluding hydrogens is 752 g/mol. The van der Waals surface area contributed by atoms with Crippen molar-refractivity contribution < 1.29 is 43.1 Å². The third-order valence-electron chi connectivity index (χ3n) is 8.44. The minimum absolute atomic E-state index is 0.0642. The number of thiophene rings is 1. The molecule has 0 bridgehead atoms. The Morgan fingerprint density at radius 3 is 1.89 bits per heavy atom. The smallest absolute Gasteiger partial charge is 0.222 e. The van der Waals surface area contributed by atoms with E-state index in [1.165, 1.54) is 18.3 Å². The maximum Gasteiger partial charge on any atom is 0.222 e. The fraction of sp³-hybridized carbons (Fsp3) is 0.605. The molecule has 0 radical (unpaired) electrons. The van der Waals surface area contributed by atoms with Gasteiger partial charge in [-0.15, -0.1) is 11.3 Å². The lowest BCUT2D eigenvalue weighted by Gasteiger charge is -2.26. The van der Waals surface area contributed by atoms with Crippen molar-refractivity contribution in [3.05, 3.63) is 50.9 Å². The number of carbonyl (C=O) groups is 2. The molecule has 0 spiro atoms. The van der Waals surface area contributed by atoms with Gasteiger partial charge in [0.15, 0.2) is 0 Å². The van der Waals surface area contributed by atoms with E-state index in [-0.39, 0.29) is 49.7 Å². The van der Waals surface area contributed by atoms with Crippen molar-refractivity contribution in [2.75, 3.05) is 104 Å². The number of fused-ring (bicyclic) bond motifs is 1. The van der Waals surface area contributed by atoms with Crippen molar-refractivity contribution in [3.8, 4) is 0 Å². The third-order valence-corrected chi connectivity index (χ3v) is 9.88. The number of benzene rings is 1. The highest BCUT2D eigenvalue weighted by Gasteiger charge is 2.34. The second-order valence-corrected chi connectivity index (χ2v) is 15.0. The van der Waals surface area contributed by atoms with Crippen molar-refractivity contribution in [3.63, 3.8) is 0 Å². The van der Waals surface area contributed by atoms with Crippen LogP contribution in [0.5, 0.6) is 0 Å². The summed E-state index contributed by atoms with van der Waals surface area (Å²) in [5.74, 6) is -0.123. The zero-order chi connectivity index (χ0) is 40.2. The van der Waals surface area contributed by atoms with Crippen molar-refractivity contribution in [1.82, 2.24) is 10.6 Å². The van der Waals surface area contributed by atoms with E-state index in [9.17, 15) is 14.7 Å². The summed E-state index contributed by atoms with van der Waals surface area (Å²) in [6.07, 6.45) is -0.0642. The number of amides is 2. The van der Waals surface area contributed by atoms with Gasteiger partial charge in [-0.2, -0.15) is 0 Å². The lowest BCUT2D eigenvalue weighted by atomic mass is 9.94. The van der Waals surface area contributed by atoms with E-state index in [1.807, 2.05) is 32.9 Å². The Morgan fingerprint density at radius 2 is 1.38 bits per heavy atom. The quantitative estimate of drug-likeness (QED) is 0.0531. The first-order valence-electron chi connectivity index (χ1n) is 18.3. The molecule has 2 aromatic rings. The molecule has 17 heteroatoms. The first kappa shape index (κ1) is 46.1. The van der Waals surface area contributed by atoms with Crippen molar-refractivity contribution >= 4 is 57.1 Å². The summed E-state index contributed by atoms with van der Waals surface area (Å²) in [6, 6.07) is 6.53. The van der Waals surface area contributed by atoms with Crippen LogP contribution in [0.2, 0.25) is 5.02 Å². The van der Waals surface area contributed by atoms with Crippen LogP contribution in [0.3, 0.4) is 0 Å². The Bertz CT molecular complexity index is 1570. The normalized spacial score (nSPS) is 15.3. The first-order chi connectivity index (χ1) is 26.4. The number of amidine groups is 2. The summed E-state index contributed by atoms with van der Waals surface area (Å²) in [4.78, 5) is 31.5. The Kier molecular flexibility index (Phi) is 20.4. The highest BCUT2D eigenvalue weighted by Crippen LogP contribution is 2.40. The molecule has 2 atom stereocenters. The number of nitrogens with zero attached hydrogens (tertiary/aromatic N) is 2. The van der Waals surface area contributed by atoms with Gasteiger partial charge < -0.3 is 44.2 Å². The molecule has 0 fully saturated rings. The first-order valence-corrected chi connectivity index (χ1v) is 19.5. The van der Waals surface area contributed by atoms with Crippen LogP contribution in [0.1, 0.15) is 48.8 Å². The predicted octanol–water partition coefficient (Wildman–Crippen LogP) is 3.76. The number of hydrogen-bond donors (Lipinski definition) is 5. The second kappa shape index (κ2) is 24.3. The van der Waals surface area contributed by atoms with Crippen molar-refractivity contribution in [2.24, 2.45) is 10.4 Å². The zero-order valence-corrected chi connectivity index (χ0v) is 34.2. The number of aliphatic hydroxyl groups excluding tert-OH is 1. The highest BCUT2D eigenvalue weighted by atomic mass is 35.5. The summed E-state index contributed by atoms with van der Waals surface area (Å²) in [6.45, 7) is 14.0. The largest absolute Gasteiger partial charge is 0.396 e. The van der Waals surface area contributed by atoms with Gasteiger partial charge in [0.25, 0.3) is 0 Å². The van der Waals surface area contributed by atoms with E-state index < -0.39 is 11.5 Å². The Morgan fingerprint density at radius 1 is 0.873 bits per heavy atom. The zero-order valence-electron chi connectivity index (χ0n) is 32.6. The summed E-state index contributed by atoms with van der Waals surface area (Å²) >= 11 is 7.68. The number of carbonyl (C=O) groups excluding carboxylic acids is 2. The molecule has 5 N–H and O–H groups in total. The number of rotatable bonds is 26. The molecule has 15 nitrogen and oxygen atoms in total. The molecule has 1 aromatic heterocycles. The van der Waals surface area contributed by atoms with Crippen LogP contribution in [-0.2, 0) is 38.0 Å². The Balaban J connectivity index is 1.30. The van der Waals surface area contributed by atoms with Crippen LogP contribution < -0.4 is 15.5 Å². The van der Waals surface area contributed by atoms with Gasteiger partial charge in [-0.05, 0) is 38.5 Å². The lowest BCUT2D eigenvalue weighted by molar-refractivity contribution is -0.121. The molecular formula is C38H57ClN6O9S. The van der Waals surface area contributed by atoms with Crippen molar-refractivity contribution in [1.29, 1.82) is 10.8 Å². The minimum Gasteiger partial charge on any atom is -0.396 e. The molecule has 1 aliphatic rings. The molecule has 306 valence electrons. The van der Waals surface area contributed by atoms with E-state index in [4.69, 9.17) is 55.8 Å². The SMILES string of the molecule is CC(=N)N1C(=N)C(CC(=O)NCCOCCOCCOCC(C)(CO)COCCOCCOCCNC(C)=O)N=C(c2ccc(Cl)cc2)c2c1sc(C)c2C.